The van der Waals surface area contributed by atoms with Crippen LogP contribution >= 0.6 is 0 Å². The summed E-state index contributed by atoms with van der Waals surface area (Å²) in [6, 6.07) is 3.69. The van der Waals surface area contributed by atoms with Crippen LogP contribution in [-0.2, 0) is 0 Å². The largest absolute Gasteiger partial charge is 0.476 e. The lowest BCUT2D eigenvalue weighted by Crippen LogP contribution is -2.32. The summed E-state index contributed by atoms with van der Waals surface area (Å²) in [7, 11) is 0. The van der Waals surface area contributed by atoms with Crippen LogP contribution in [0.1, 0.15) is 24.3 Å². The molecule has 0 fully saturated rings. The van der Waals surface area contributed by atoms with E-state index in [0.29, 0.717) is 12.2 Å². The number of rotatable bonds is 5. The Bertz CT molecular complexity index is 388. The topological polar surface area (TPSA) is 53.4 Å². The van der Waals surface area contributed by atoms with Crippen LogP contribution in [0.15, 0.2) is 31.0 Å². The third-order valence-electron chi connectivity index (χ3n) is 2.25. The molecule has 0 aliphatic carbocycles. The lowest BCUT2D eigenvalue weighted by molar-refractivity contribution is 0.0691. The standard InChI is InChI=1S/C12H16N2O2/c1-4-8-14(9(2)3)10-6-5-7-13-11(10)12(15)16/h4-7,9H,1,8H2,2-3H3,(H,15,16). The maximum atomic E-state index is 11.0. The second-order valence-corrected chi connectivity index (χ2v) is 3.71. The number of carboxylic acids is 1. The predicted molar refractivity (Wildman–Crippen MR) is 63.9 cm³/mol. The number of aromatic carboxylic acids is 1. The van der Waals surface area contributed by atoms with Crippen molar-refractivity contribution in [3.63, 3.8) is 0 Å². The van der Waals surface area contributed by atoms with Gasteiger partial charge < -0.3 is 10.0 Å². The van der Waals surface area contributed by atoms with Crippen LogP contribution < -0.4 is 4.90 Å². The van der Waals surface area contributed by atoms with Crippen LogP contribution in [0.2, 0.25) is 0 Å². The molecule has 0 spiro atoms. The summed E-state index contributed by atoms with van der Waals surface area (Å²) < 4.78 is 0. The molecule has 4 heteroatoms. The molecule has 0 aliphatic rings. The van der Waals surface area contributed by atoms with E-state index >= 15 is 0 Å². The zero-order valence-electron chi connectivity index (χ0n) is 9.55. The van der Waals surface area contributed by atoms with Crippen molar-refractivity contribution in [1.82, 2.24) is 4.98 Å². The summed E-state index contributed by atoms with van der Waals surface area (Å²) in [5.74, 6) is -1.01. The van der Waals surface area contributed by atoms with Gasteiger partial charge in [-0.15, -0.1) is 6.58 Å². The molecule has 0 saturated carbocycles. The lowest BCUT2D eigenvalue weighted by Gasteiger charge is -2.28. The van der Waals surface area contributed by atoms with E-state index in [0.717, 1.165) is 0 Å². The van der Waals surface area contributed by atoms with E-state index in [1.54, 1.807) is 18.2 Å². The van der Waals surface area contributed by atoms with E-state index in [9.17, 15) is 4.79 Å². The van der Waals surface area contributed by atoms with Crippen molar-refractivity contribution in [1.29, 1.82) is 0 Å². The maximum absolute atomic E-state index is 11.0. The van der Waals surface area contributed by atoms with E-state index in [2.05, 4.69) is 11.6 Å². The van der Waals surface area contributed by atoms with Gasteiger partial charge >= 0.3 is 5.97 Å². The number of aromatic nitrogens is 1. The van der Waals surface area contributed by atoms with Crippen molar-refractivity contribution in [3.05, 3.63) is 36.7 Å². The van der Waals surface area contributed by atoms with Gasteiger partial charge in [-0.3, -0.25) is 0 Å². The third-order valence-corrected chi connectivity index (χ3v) is 2.25. The van der Waals surface area contributed by atoms with Gasteiger partial charge in [-0.1, -0.05) is 6.08 Å². The number of nitrogens with zero attached hydrogens (tertiary/aromatic N) is 2. The Morgan fingerprint density at radius 2 is 2.38 bits per heavy atom. The van der Waals surface area contributed by atoms with Crippen molar-refractivity contribution in [3.8, 4) is 0 Å². The molecule has 0 bridgehead atoms. The molecule has 0 unspecified atom stereocenters. The predicted octanol–water partition coefficient (Wildman–Crippen LogP) is 2.18. The Balaban J connectivity index is 3.17. The number of hydrogen-bond donors (Lipinski definition) is 1. The number of anilines is 1. The van der Waals surface area contributed by atoms with Gasteiger partial charge in [0.25, 0.3) is 0 Å². The minimum atomic E-state index is -1.01. The molecule has 0 atom stereocenters. The summed E-state index contributed by atoms with van der Waals surface area (Å²) in [4.78, 5) is 16.9. The fraction of sp³-hybridized carbons (Fsp3) is 0.333. The molecule has 0 radical (unpaired) electrons. The van der Waals surface area contributed by atoms with Gasteiger partial charge in [-0.2, -0.15) is 0 Å². The van der Waals surface area contributed by atoms with Crippen molar-refractivity contribution in [2.75, 3.05) is 11.4 Å². The van der Waals surface area contributed by atoms with E-state index in [-0.39, 0.29) is 11.7 Å². The molecule has 16 heavy (non-hydrogen) atoms. The smallest absolute Gasteiger partial charge is 0.356 e. The number of hydrogen-bond acceptors (Lipinski definition) is 3. The third kappa shape index (κ3) is 2.59. The van der Waals surface area contributed by atoms with Gasteiger partial charge in [0.1, 0.15) is 0 Å². The Kier molecular flexibility index (Phi) is 4.05. The average Bonchev–Trinajstić information content (AvgIpc) is 2.25. The minimum Gasteiger partial charge on any atom is -0.476 e. The first-order valence-electron chi connectivity index (χ1n) is 5.13. The quantitative estimate of drug-likeness (QED) is 0.773. The Hall–Kier alpha value is -1.84. The molecule has 0 amide bonds. The van der Waals surface area contributed by atoms with Crippen LogP contribution in [0.3, 0.4) is 0 Å². The molecule has 0 aliphatic heterocycles. The highest BCUT2D eigenvalue weighted by Crippen LogP contribution is 2.20. The second-order valence-electron chi connectivity index (χ2n) is 3.71. The zero-order chi connectivity index (χ0) is 12.1. The van der Waals surface area contributed by atoms with Crippen molar-refractivity contribution in [2.45, 2.75) is 19.9 Å². The molecule has 4 nitrogen and oxygen atoms in total. The first-order chi connectivity index (χ1) is 7.57. The summed E-state index contributed by atoms with van der Waals surface area (Å²) in [5.41, 5.74) is 0.711. The highest BCUT2D eigenvalue weighted by atomic mass is 16.4. The van der Waals surface area contributed by atoms with E-state index in [1.165, 1.54) is 6.20 Å². The monoisotopic (exact) mass is 220 g/mol. The fourth-order valence-electron chi connectivity index (χ4n) is 1.52. The lowest BCUT2D eigenvalue weighted by atomic mass is 10.2. The number of carboxylic acid groups (broad SMARTS) is 1. The molecule has 0 aromatic carbocycles. The second kappa shape index (κ2) is 5.30. The Labute approximate surface area is 95.2 Å². The summed E-state index contributed by atoms with van der Waals surface area (Å²) in [6.07, 6.45) is 3.23. The molecular formula is C12H16N2O2. The van der Waals surface area contributed by atoms with Crippen LogP contribution in [0.5, 0.6) is 0 Å². The minimum absolute atomic E-state index is 0.0815. The van der Waals surface area contributed by atoms with Gasteiger partial charge in [0.05, 0.1) is 5.69 Å². The summed E-state index contributed by atoms with van der Waals surface area (Å²) in [6.45, 7) is 8.28. The van der Waals surface area contributed by atoms with Gasteiger partial charge in [-0.05, 0) is 26.0 Å². The first-order valence-corrected chi connectivity index (χ1v) is 5.13. The van der Waals surface area contributed by atoms with Crippen LogP contribution in [0, 0.1) is 0 Å². The average molecular weight is 220 g/mol. The van der Waals surface area contributed by atoms with Crippen molar-refractivity contribution >= 4 is 11.7 Å². The van der Waals surface area contributed by atoms with Gasteiger partial charge in [-0.25, -0.2) is 9.78 Å². The van der Waals surface area contributed by atoms with Gasteiger partial charge in [0.15, 0.2) is 5.69 Å². The Morgan fingerprint density at radius 3 is 2.88 bits per heavy atom. The number of carbonyl (C=O) groups is 1. The van der Waals surface area contributed by atoms with E-state index in [1.807, 2.05) is 18.7 Å². The van der Waals surface area contributed by atoms with Gasteiger partial charge in [0, 0.05) is 18.8 Å². The summed E-state index contributed by atoms with van der Waals surface area (Å²) in [5, 5.41) is 9.05. The molecule has 1 N–H and O–H groups in total. The molecule has 1 heterocycles. The highest BCUT2D eigenvalue weighted by molar-refractivity contribution is 5.92. The van der Waals surface area contributed by atoms with E-state index < -0.39 is 5.97 Å². The van der Waals surface area contributed by atoms with Crippen LogP contribution in [0.4, 0.5) is 5.69 Å². The van der Waals surface area contributed by atoms with Crippen molar-refractivity contribution < 1.29 is 9.90 Å². The molecule has 1 aromatic rings. The van der Waals surface area contributed by atoms with E-state index in [4.69, 9.17) is 5.11 Å². The fourth-order valence-corrected chi connectivity index (χ4v) is 1.52. The molecule has 86 valence electrons. The van der Waals surface area contributed by atoms with Gasteiger partial charge in [0.2, 0.25) is 0 Å². The normalized spacial score (nSPS) is 10.2. The first kappa shape index (κ1) is 12.2. The van der Waals surface area contributed by atoms with Crippen LogP contribution in [0.25, 0.3) is 0 Å². The maximum Gasteiger partial charge on any atom is 0.356 e. The van der Waals surface area contributed by atoms with Crippen LogP contribution in [-0.4, -0.2) is 28.6 Å². The molecule has 1 rings (SSSR count). The number of pyridine rings is 1. The van der Waals surface area contributed by atoms with Crippen molar-refractivity contribution in [2.24, 2.45) is 0 Å². The SMILES string of the molecule is C=CCN(c1cccnc1C(=O)O)C(C)C. The zero-order valence-corrected chi connectivity index (χ0v) is 9.55. The summed E-state index contributed by atoms with van der Waals surface area (Å²) >= 11 is 0. The molecule has 1 aromatic heterocycles. The highest BCUT2D eigenvalue weighted by Gasteiger charge is 2.17. The molecular weight excluding hydrogens is 204 g/mol. The molecule has 0 saturated heterocycles. The Morgan fingerprint density at radius 1 is 1.69 bits per heavy atom.